The molecule has 0 bridgehead atoms. The predicted octanol–water partition coefficient (Wildman–Crippen LogP) is 5.29. The van der Waals surface area contributed by atoms with Gasteiger partial charge in [-0.3, -0.25) is 0 Å². The van der Waals surface area contributed by atoms with Gasteiger partial charge in [0.25, 0.3) is 0 Å². The minimum Gasteiger partial charge on any atom is -0.490 e. The summed E-state index contributed by atoms with van der Waals surface area (Å²) in [7, 11) is 0. The van der Waals surface area contributed by atoms with E-state index in [4.69, 9.17) is 16.3 Å². The molecule has 25 heavy (non-hydrogen) atoms. The Morgan fingerprint density at radius 2 is 1.96 bits per heavy atom. The number of halogens is 2. The van der Waals surface area contributed by atoms with Crippen molar-refractivity contribution in [3.05, 3.63) is 64.4 Å². The van der Waals surface area contributed by atoms with Gasteiger partial charge in [0, 0.05) is 21.9 Å². The van der Waals surface area contributed by atoms with Crippen LogP contribution >= 0.6 is 11.6 Å². The first-order chi connectivity index (χ1) is 12.1. The van der Waals surface area contributed by atoms with Crippen molar-refractivity contribution in [2.24, 2.45) is 5.92 Å². The fraction of sp³-hybridized carbons (Fsp3) is 0.429. The fourth-order valence-corrected chi connectivity index (χ4v) is 4.09. The van der Waals surface area contributed by atoms with Crippen molar-refractivity contribution >= 4 is 11.6 Å². The zero-order valence-electron chi connectivity index (χ0n) is 14.5. The van der Waals surface area contributed by atoms with E-state index in [1.807, 2.05) is 37.3 Å². The van der Waals surface area contributed by atoms with Crippen LogP contribution in [0.15, 0.2) is 42.5 Å². The third-order valence-electron chi connectivity index (χ3n) is 5.43. The lowest BCUT2D eigenvalue weighted by Crippen LogP contribution is -2.47. The summed E-state index contributed by atoms with van der Waals surface area (Å²) >= 11 is 5.61. The van der Waals surface area contributed by atoms with Gasteiger partial charge in [-0.25, -0.2) is 4.39 Å². The Bertz CT molecular complexity index is 695. The Labute approximate surface area is 153 Å². The highest BCUT2D eigenvalue weighted by Gasteiger charge is 2.47. The van der Waals surface area contributed by atoms with Crippen LogP contribution in [0.3, 0.4) is 0 Å². The summed E-state index contributed by atoms with van der Waals surface area (Å²) in [5.41, 5.74) is 1.85. The standard InChI is InChI=1S/C14H17FO2.C7H7Cl/c15-12-6-3-5-11-13(12)17-8-10-4-1-2-7-14(10,11)9-16;1-6-2-4-7(8)5-3-6/h3,5-6,10,16H,1-2,4,7-9H2;2-5H,1H3. The number of para-hydroxylation sites is 1. The van der Waals surface area contributed by atoms with Crippen LogP contribution in [0.5, 0.6) is 5.75 Å². The van der Waals surface area contributed by atoms with Crippen LogP contribution in [-0.2, 0) is 5.41 Å². The van der Waals surface area contributed by atoms with Crippen molar-refractivity contribution in [1.29, 1.82) is 0 Å². The Hall–Kier alpha value is -1.58. The summed E-state index contributed by atoms with van der Waals surface area (Å²) < 4.78 is 19.3. The first kappa shape index (κ1) is 18.2. The first-order valence-corrected chi connectivity index (χ1v) is 9.19. The van der Waals surface area contributed by atoms with E-state index in [2.05, 4.69) is 0 Å². The van der Waals surface area contributed by atoms with Crippen molar-refractivity contribution in [2.75, 3.05) is 13.2 Å². The van der Waals surface area contributed by atoms with E-state index in [0.29, 0.717) is 18.3 Å². The van der Waals surface area contributed by atoms with Crippen LogP contribution in [0.4, 0.5) is 4.39 Å². The van der Waals surface area contributed by atoms with Gasteiger partial charge in [-0.05, 0) is 38.0 Å². The summed E-state index contributed by atoms with van der Waals surface area (Å²) in [4.78, 5) is 0. The SMILES string of the molecule is Cc1ccc(Cl)cc1.OCC12CCCCC1COc1c(F)cccc12. The zero-order chi connectivity index (χ0) is 17.9. The van der Waals surface area contributed by atoms with Crippen LogP contribution in [0.25, 0.3) is 0 Å². The van der Waals surface area contributed by atoms with Gasteiger partial charge in [-0.2, -0.15) is 0 Å². The lowest BCUT2D eigenvalue weighted by atomic mass is 9.62. The minimum absolute atomic E-state index is 0.0947. The van der Waals surface area contributed by atoms with E-state index in [1.54, 1.807) is 6.07 Å². The van der Waals surface area contributed by atoms with E-state index < -0.39 is 0 Å². The molecule has 1 N–H and O–H groups in total. The molecule has 0 radical (unpaired) electrons. The maximum atomic E-state index is 13.7. The van der Waals surface area contributed by atoms with Crippen molar-refractivity contribution in [3.8, 4) is 5.75 Å². The van der Waals surface area contributed by atoms with Crippen LogP contribution in [0, 0.1) is 18.7 Å². The largest absolute Gasteiger partial charge is 0.490 e. The van der Waals surface area contributed by atoms with Crippen molar-refractivity contribution < 1.29 is 14.2 Å². The predicted molar refractivity (Wildman–Crippen MR) is 98.8 cm³/mol. The van der Waals surface area contributed by atoms with Gasteiger partial charge in [-0.15, -0.1) is 0 Å². The molecule has 0 spiro atoms. The second-order valence-electron chi connectivity index (χ2n) is 6.98. The van der Waals surface area contributed by atoms with E-state index in [1.165, 1.54) is 18.1 Å². The molecule has 1 aliphatic heterocycles. The number of benzene rings is 2. The second kappa shape index (κ2) is 7.76. The van der Waals surface area contributed by atoms with E-state index in [0.717, 1.165) is 29.8 Å². The summed E-state index contributed by atoms with van der Waals surface area (Å²) in [6.45, 7) is 2.67. The first-order valence-electron chi connectivity index (χ1n) is 8.81. The highest BCUT2D eigenvalue weighted by atomic mass is 35.5. The zero-order valence-corrected chi connectivity index (χ0v) is 15.2. The third kappa shape index (κ3) is 3.68. The lowest BCUT2D eigenvalue weighted by Gasteiger charge is -2.47. The molecule has 2 aromatic rings. The summed E-state index contributed by atoms with van der Waals surface area (Å²) in [5, 5.41) is 10.6. The third-order valence-corrected chi connectivity index (χ3v) is 5.68. The summed E-state index contributed by atoms with van der Waals surface area (Å²) in [6, 6.07) is 12.8. The molecule has 4 heteroatoms. The van der Waals surface area contributed by atoms with Crippen molar-refractivity contribution in [2.45, 2.75) is 38.0 Å². The van der Waals surface area contributed by atoms with E-state index in [-0.39, 0.29) is 17.8 Å². The molecule has 2 aromatic carbocycles. The maximum absolute atomic E-state index is 13.7. The van der Waals surface area contributed by atoms with E-state index in [9.17, 15) is 9.50 Å². The molecular weight excluding hydrogens is 339 g/mol. The van der Waals surface area contributed by atoms with Crippen molar-refractivity contribution in [3.63, 3.8) is 0 Å². The quantitative estimate of drug-likeness (QED) is 0.747. The molecule has 134 valence electrons. The number of hydrogen-bond donors (Lipinski definition) is 1. The fourth-order valence-electron chi connectivity index (χ4n) is 3.97. The second-order valence-corrected chi connectivity index (χ2v) is 7.42. The van der Waals surface area contributed by atoms with Gasteiger partial charge in [0.2, 0.25) is 0 Å². The molecule has 0 saturated heterocycles. The Kier molecular flexibility index (Phi) is 5.65. The number of aliphatic hydroxyl groups excluding tert-OH is 1. The molecular formula is C21H24ClFO2. The average Bonchev–Trinajstić information content (AvgIpc) is 2.64. The molecule has 1 fully saturated rings. The smallest absolute Gasteiger partial charge is 0.165 e. The number of aryl methyl sites for hydroxylation is 1. The number of aliphatic hydroxyl groups is 1. The van der Waals surface area contributed by atoms with Crippen LogP contribution in [-0.4, -0.2) is 18.3 Å². The minimum atomic E-state index is -0.306. The number of fused-ring (bicyclic) bond motifs is 3. The number of hydrogen-bond acceptors (Lipinski definition) is 2. The van der Waals surface area contributed by atoms with Gasteiger partial charge < -0.3 is 9.84 Å². The molecule has 2 aliphatic rings. The maximum Gasteiger partial charge on any atom is 0.165 e. The summed E-state index contributed by atoms with van der Waals surface area (Å²) in [5.74, 6) is 0.384. The highest BCUT2D eigenvalue weighted by Crippen LogP contribution is 2.50. The van der Waals surface area contributed by atoms with Crippen molar-refractivity contribution in [1.82, 2.24) is 0 Å². The molecule has 0 aromatic heterocycles. The van der Waals surface area contributed by atoms with Crippen LogP contribution in [0.1, 0.15) is 36.8 Å². The van der Waals surface area contributed by atoms with Gasteiger partial charge in [-0.1, -0.05) is 54.3 Å². The van der Waals surface area contributed by atoms with Gasteiger partial charge in [0.1, 0.15) is 0 Å². The normalized spacial score (nSPS) is 24.2. The molecule has 2 atom stereocenters. The topological polar surface area (TPSA) is 29.5 Å². The van der Waals surface area contributed by atoms with Gasteiger partial charge in [0.15, 0.2) is 11.6 Å². The Morgan fingerprint density at radius 1 is 1.20 bits per heavy atom. The molecule has 4 rings (SSSR count). The number of ether oxygens (including phenoxy) is 1. The molecule has 1 saturated carbocycles. The van der Waals surface area contributed by atoms with Crippen LogP contribution < -0.4 is 4.74 Å². The summed E-state index contributed by atoms with van der Waals surface area (Å²) in [6.07, 6.45) is 4.29. The van der Waals surface area contributed by atoms with Crippen LogP contribution in [0.2, 0.25) is 5.02 Å². The van der Waals surface area contributed by atoms with Gasteiger partial charge >= 0.3 is 0 Å². The Balaban J connectivity index is 0.000000192. The average molecular weight is 363 g/mol. The molecule has 1 aliphatic carbocycles. The molecule has 2 unspecified atom stereocenters. The highest BCUT2D eigenvalue weighted by molar-refractivity contribution is 6.30. The van der Waals surface area contributed by atoms with Gasteiger partial charge in [0.05, 0.1) is 13.2 Å². The monoisotopic (exact) mass is 362 g/mol. The molecule has 1 heterocycles. The number of rotatable bonds is 1. The Morgan fingerprint density at radius 3 is 2.64 bits per heavy atom. The lowest BCUT2D eigenvalue weighted by molar-refractivity contribution is 0.0375. The molecule has 2 nitrogen and oxygen atoms in total. The molecule has 0 amide bonds. The van der Waals surface area contributed by atoms with E-state index >= 15 is 0 Å².